The number of hydrogen-bond acceptors (Lipinski definition) is 5. The summed E-state index contributed by atoms with van der Waals surface area (Å²) in [6.45, 7) is 10.8. The largest absolute Gasteiger partial charge is 0.457 e. The molecule has 2 atom stereocenters. The molecule has 160 valence electrons. The van der Waals surface area contributed by atoms with Crippen molar-refractivity contribution in [2.24, 2.45) is 5.41 Å². The van der Waals surface area contributed by atoms with Crippen molar-refractivity contribution in [1.29, 1.82) is 0 Å². The van der Waals surface area contributed by atoms with Crippen LogP contribution < -0.4 is 10.2 Å². The Morgan fingerprint density at radius 2 is 1.87 bits per heavy atom. The molecule has 2 aliphatic rings. The number of carbonyl (C=O) groups is 1. The van der Waals surface area contributed by atoms with Gasteiger partial charge in [0.2, 0.25) is 0 Å². The number of esters is 1. The molecule has 1 N–H and O–H groups in total. The van der Waals surface area contributed by atoms with Gasteiger partial charge in [0.1, 0.15) is 6.10 Å². The maximum Gasteiger partial charge on any atom is 0.303 e. The number of aryl methyl sites for hydroxylation is 1. The fraction of sp³-hybridized carbons (Fsp3) is 0.458. The Balaban J connectivity index is 1.80. The molecule has 2 heterocycles. The van der Waals surface area contributed by atoms with Gasteiger partial charge in [0.25, 0.3) is 0 Å². The van der Waals surface area contributed by atoms with Crippen LogP contribution >= 0.6 is 11.6 Å². The summed E-state index contributed by atoms with van der Waals surface area (Å²) in [4.78, 5) is 14.3. The number of rotatable bonds is 3. The number of fused-ring (bicyclic) bond motifs is 1. The van der Waals surface area contributed by atoms with Crippen LogP contribution in [0.2, 0.25) is 5.02 Å². The summed E-state index contributed by atoms with van der Waals surface area (Å²) in [7, 11) is 0. The second kappa shape index (κ2) is 8.12. The molecule has 0 amide bonds. The van der Waals surface area contributed by atoms with Gasteiger partial charge < -0.3 is 19.7 Å². The zero-order valence-electron chi connectivity index (χ0n) is 18.0. The molecule has 0 spiro atoms. The summed E-state index contributed by atoms with van der Waals surface area (Å²) >= 11 is 6.70. The fourth-order valence-electron chi connectivity index (χ4n) is 4.51. The van der Waals surface area contributed by atoms with Crippen molar-refractivity contribution < 1.29 is 14.3 Å². The predicted molar refractivity (Wildman–Crippen MR) is 120 cm³/mol. The van der Waals surface area contributed by atoms with Crippen molar-refractivity contribution in [2.45, 2.75) is 39.8 Å². The van der Waals surface area contributed by atoms with Gasteiger partial charge in [-0.25, -0.2) is 0 Å². The van der Waals surface area contributed by atoms with Crippen LogP contribution in [-0.2, 0) is 14.3 Å². The first kappa shape index (κ1) is 21.0. The second-order valence-electron chi connectivity index (χ2n) is 8.79. The monoisotopic (exact) mass is 428 g/mol. The highest BCUT2D eigenvalue weighted by molar-refractivity contribution is 6.33. The average molecular weight is 429 g/mol. The quantitative estimate of drug-likeness (QED) is 0.674. The van der Waals surface area contributed by atoms with Gasteiger partial charge in [-0.05, 0) is 24.6 Å². The molecule has 2 aromatic rings. The van der Waals surface area contributed by atoms with Crippen molar-refractivity contribution >= 4 is 28.9 Å². The molecular weight excluding hydrogens is 400 g/mol. The molecular formula is C24H29ClN2O3. The normalized spacial score (nSPS) is 22.8. The molecule has 5 nitrogen and oxygen atoms in total. The number of ether oxygens (including phenoxy) is 2. The van der Waals surface area contributed by atoms with Crippen LogP contribution in [0.4, 0.5) is 11.4 Å². The lowest BCUT2D eigenvalue weighted by molar-refractivity contribution is -0.154. The van der Waals surface area contributed by atoms with E-state index in [1.807, 2.05) is 6.07 Å². The maximum atomic E-state index is 12.1. The number of nitrogens with one attached hydrogen (secondary N) is 1. The summed E-state index contributed by atoms with van der Waals surface area (Å²) in [5.41, 5.74) is 4.83. The van der Waals surface area contributed by atoms with Gasteiger partial charge in [0.15, 0.2) is 0 Å². The number of morpholine rings is 1. The molecule has 30 heavy (non-hydrogen) atoms. The first-order valence-corrected chi connectivity index (χ1v) is 10.8. The van der Waals surface area contributed by atoms with Crippen LogP contribution in [0, 0.1) is 12.3 Å². The van der Waals surface area contributed by atoms with Crippen molar-refractivity contribution in [3.63, 3.8) is 0 Å². The van der Waals surface area contributed by atoms with E-state index in [1.165, 1.54) is 12.5 Å². The van der Waals surface area contributed by atoms with Gasteiger partial charge in [-0.15, -0.1) is 0 Å². The van der Waals surface area contributed by atoms with Gasteiger partial charge in [0.05, 0.1) is 30.0 Å². The van der Waals surface area contributed by atoms with Crippen LogP contribution in [-0.4, -0.2) is 32.3 Å². The van der Waals surface area contributed by atoms with E-state index in [9.17, 15) is 4.79 Å². The Bertz CT molecular complexity index is 936. The minimum atomic E-state index is -0.394. The number of nitrogens with zero attached hydrogens (tertiary/aromatic N) is 1. The van der Waals surface area contributed by atoms with Gasteiger partial charge in [-0.1, -0.05) is 55.3 Å². The number of carbonyl (C=O) groups excluding carboxylic acids is 1. The Labute approximate surface area is 183 Å². The topological polar surface area (TPSA) is 50.8 Å². The molecule has 0 radical (unpaired) electrons. The smallest absolute Gasteiger partial charge is 0.303 e. The Kier molecular flexibility index (Phi) is 5.69. The van der Waals surface area contributed by atoms with Gasteiger partial charge >= 0.3 is 5.97 Å². The lowest BCUT2D eigenvalue weighted by Gasteiger charge is -2.46. The highest BCUT2D eigenvalue weighted by Gasteiger charge is 2.46. The summed E-state index contributed by atoms with van der Waals surface area (Å²) in [6.07, 6.45) is -0.394. The summed E-state index contributed by atoms with van der Waals surface area (Å²) < 4.78 is 11.4. The number of halogens is 1. The summed E-state index contributed by atoms with van der Waals surface area (Å²) in [6, 6.07) is 12.5. The van der Waals surface area contributed by atoms with Crippen LogP contribution in [0.15, 0.2) is 36.4 Å². The third kappa shape index (κ3) is 3.88. The Morgan fingerprint density at radius 1 is 1.20 bits per heavy atom. The number of benzene rings is 2. The van der Waals surface area contributed by atoms with E-state index < -0.39 is 6.10 Å². The standard InChI is InChI=1S/C24H29ClN2O3/c1-15-5-7-17(8-6-15)22-24(3,4)23(30-16(2)28)18-13-21(19(25)14-20(18)26-22)27-9-11-29-12-10-27/h5-8,13-14,22-23,26H,9-12H2,1-4H3/t22-,23-/m1/s1. The SMILES string of the molecule is CC(=O)O[C@@H]1c2cc(N3CCOCC3)c(Cl)cc2N[C@H](c2ccc(C)cc2)C1(C)C. The van der Waals surface area contributed by atoms with E-state index in [2.05, 4.69) is 61.3 Å². The number of hydrogen-bond donors (Lipinski definition) is 1. The Hall–Kier alpha value is -2.24. The molecule has 2 aliphatic heterocycles. The Morgan fingerprint density at radius 3 is 2.50 bits per heavy atom. The van der Waals surface area contributed by atoms with Crippen molar-refractivity contribution in [2.75, 3.05) is 36.5 Å². The van der Waals surface area contributed by atoms with Gasteiger partial charge in [-0.2, -0.15) is 0 Å². The minimum Gasteiger partial charge on any atom is -0.457 e. The predicted octanol–water partition coefficient (Wildman–Crippen LogP) is 5.28. The van der Waals surface area contributed by atoms with Crippen molar-refractivity contribution in [3.05, 3.63) is 58.1 Å². The lowest BCUT2D eigenvalue weighted by Crippen LogP contribution is -2.41. The van der Waals surface area contributed by atoms with Crippen molar-refractivity contribution in [3.8, 4) is 0 Å². The molecule has 0 aliphatic carbocycles. The fourth-order valence-corrected chi connectivity index (χ4v) is 4.80. The highest BCUT2D eigenvalue weighted by Crippen LogP contribution is 2.54. The van der Waals surface area contributed by atoms with Gasteiger partial charge in [-0.3, -0.25) is 4.79 Å². The van der Waals surface area contributed by atoms with E-state index >= 15 is 0 Å². The van der Waals surface area contributed by atoms with E-state index in [4.69, 9.17) is 21.1 Å². The second-order valence-corrected chi connectivity index (χ2v) is 9.20. The first-order valence-electron chi connectivity index (χ1n) is 10.4. The molecule has 6 heteroatoms. The highest BCUT2D eigenvalue weighted by atomic mass is 35.5. The van der Waals surface area contributed by atoms with Crippen LogP contribution in [0.25, 0.3) is 0 Å². The molecule has 2 aromatic carbocycles. The summed E-state index contributed by atoms with van der Waals surface area (Å²) in [5, 5.41) is 4.37. The van der Waals surface area contributed by atoms with Crippen LogP contribution in [0.5, 0.6) is 0 Å². The number of anilines is 2. The van der Waals surface area contributed by atoms with E-state index in [1.54, 1.807) is 0 Å². The van der Waals surface area contributed by atoms with Gasteiger partial charge in [0, 0.05) is 36.7 Å². The molecule has 0 unspecified atom stereocenters. The zero-order chi connectivity index (χ0) is 21.5. The van der Waals surface area contributed by atoms with E-state index in [0.29, 0.717) is 18.2 Å². The first-order chi connectivity index (χ1) is 14.3. The lowest BCUT2D eigenvalue weighted by atomic mass is 9.70. The molecule has 0 bridgehead atoms. The maximum absolute atomic E-state index is 12.1. The van der Waals surface area contributed by atoms with Crippen LogP contribution in [0.1, 0.15) is 49.6 Å². The van der Waals surface area contributed by atoms with Crippen LogP contribution in [0.3, 0.4) is 0 Å². The van der Waals surface area contributed by atoms with E-state index in [-0.39, 0.29) is 17.4 Å². The molecule has 1 saturated heterocycles. The molecule has 4 rings (SSSR count). The minimum absolute atomic E-state index is 0.0275. The van der Waals surface area contributed by atoms with Crippen molar-refractivity contribution in [1.82, 2.24) is 0 Å². The molecule has 0 saturated carbocycles. The molecule has 0 aromatic heterocycles. The third-order valence-electron chi connectivity index (χ3n) is 6.17. The summed E-state index contributed by atoms with van der Waals surface area (Å²) in [5.74, 6) is -0.286. The zero-order valence-corrected chi connectivity index (χ0v) is 18.8. The average Bonchev–Trinajstić information content (AvgIpc) is 2.71. The van der Waals surface area contributed by atoms with E-state index in [0.717, 1.165) is 35.6 Å². The third-order valence-corrected chi connectivity index (χ3v) is 6.47. The molecule has 1 fully saturated rings.